The number of thiol groups is 2. The molecule has 1 aliphatic rings. The Morgan fingerprint density at radius 1 is 0.558 bits per heavy atom. The number of rotatable bonds is 35. The van der Waals surface area contributed by atoms with Gasteiger partial charge in [-0.3, -0.25) is 62.9 Å². The number of nitrogens with one attached hydrogen (secondary N) is 10. The van der Waals surface area contributed by atoms with Crippen LogP contribution in [0.5, 0.6) is 5.75 Å². The number of primary amides is 2. The van der Waals surface area contributed by atoms with Gasteiger partial charge in [-0.25, -0.2) is 0 Å². The molecule has 3 aromatic rings. The zero-order valence-electron chi connectivity index (χ0n) is 46.8. The smallest absolute Gasteiger partial charge is 0.322 e. The molecule has 0 aliphatic carbocycles. The van der Waals surface area contributed by atoms with Gasteiger partial charge in [-0.1, -0.05) is 72.8 Å². The standard InChI is InChI=1S/C55H75N15O14S2/c56-34(23-30-9-3-1-4-10-30)46(76)68-40(28-85)52(82)66-38(25-32-15-17-33(71)18-16-32)50(80)65-37(24-31-11-5-2-6-12-31)49(79)63-36(19-20-43(57)72)48(78)67-39(26-44(58)73)51(81)69-41(29-86)54(84)70-22-8-14-42(70)53(83)64-35(13-7-21-61-55(59)60)47(77)62-27-45(74)75/h1-6,9-12,15-18,34-42,71,85-86H,7-8,13-14,19-29,56H2,(H2,57,72)(H2,58,73)(H,62,77)(H,63,79)(H,64,83)(H,65,80)(H,66,82)(H,67,78)(H,68,76)(H,69,81)(H,74,75)(H4,59,60,61)/t34-,35+,36+,37+,38+,39+,40+,41+,42+/m1/s1. The maximum absolute atomic E-state index is 14.5. The number of carbonyl (C=O) groups excluding carboxylic acids is 11. The van der Waals surface area contributed by atoms with Gasteiger partial charge in [0.2, 0.25) is 65.0 Å². The predicted molar refractivity (Wildman–Crippen MR) is 318 cm³/mol. The summed E-state index contributed by atoms with van der Waals surface area (Å²) in [5.41, 5.74) is 24.2. The number of carboxylic acids is 1. The van der Waals surface area contributed by atoms with Gasteiger partial charge < -0.3 is 85.9 Å². The van der Waals surface area contributed by atoms with Crippen LogP contribution in [0.4, 0.5) is 0 Å². The molecule has 0 aromatic heterocycles. The Morgan fingerprint density at radius 2 is 1.03 bits per heavy atom. The first-order valence-electron chi connectivity index (χ1n) is 27.3. The summed E-state index contributed by atoms with van der Waals surface area (Å²) < 4.78 is 0. The van der Waals surface area contributed by atoms with E-state index in [9.17, 15) is 62.6 Å². The van der Waals surface area contributed by atoms with Crippen LogP contribution in [-0.4, -0.2) is 178 Å². The van der Waals surface area contributed by atoms with E-state index >= 15 is 0 Å². The highest BCUT2D eigenvalue weighted by atomic mass is 32.1. The van der Waals surface area contributed by atoms with Gasteiger partial charge in [0.1, 0.15) is 60.6 Å². The number of aliphatic carboxylic acids is 1. The monoisotopic (exact) mass is 1230 g/mol. The van der Waals surface area contributed by atoms with E-state index in [-0.39, 0.29) is 69.1 Å². The van der Waals surface area contributed by atoms with E-state index in [1.54, 1.807) is 60.7 Å². The number of carbonyl (C=O) groups is 12. The highest BCUT2D eigenvalue weighted by Crippen LogP contribution is 2.20. The minimum atomic E-state index is -1.85. The fourth-order valence-electron chi connectivity index (χ4n) is 8.94. The Morgan fingerprint density at radius 3 is 1.57 bits per heavy atom. The summed E-state index contributed by atoms with van der Waals surface area (Å²) in [5.74, 6) is -12.7. The third-order valence-corrected chi connectivity index (χ3v) is 14.1. The summed E-state index contributed by atoms with van der Waals surface area (Å²) in [6, 6.07) is 9.89. The van der Waals surface area contributed by atoms with Crippen molar-refractivity contribution >= 4 is 102 Å². The number of carboxylic acid groups (broad SMARTS) is 1. The van der Waals surface area contributed by atoms with Gasteiger partial charge in [0.05, 0.1) is 12.5 Å². The van der Waals surface area contributed by atoms with Crippen LogP contribution in [0, 0.1) is 5.41 Å². The summed E-state index contributed by atoms with van der Waals surface area (Å²) >= 11 is 8.52. The van der Waals surface area contributed by atoms with Gasteiger partial charge >= 0.3 is 5.97 Å². The van der Waals surface area contributed by atoms with Crippen molar-refractivity contribution in [3.8, 4) is 5.75 Å². The zero-order chi connectivity index (χ0) is 63.5. The lowest BCUT2D eigenvalue weighted by atomic mass is 10.0. The minimum absolute atomic E-state index is 0.000726. The maximum Gasteiger partial charge on any atom is 0.322 e. The number of nitrogens with zero attached hydrogens (tertiary/aromatic N) is 1. The van der Waals surface area contributed by atoms with Gasteiger partial charge in [0, 0.05) is 43.9 Å². The molecule has 29 nitrogen and oxygen atoms in total. The highest BCUT2D eigenvalue weighted by molar-refractivity contribution is 7.80. The quantitative estimate of drug-likeness (QED) is 0.0114. The molecule has 86 heavy (non-hydrogen) atoms. The molecule has 1 fully saturated rings. The lowest BCUT2D eigenvalue weighted by Crippen LogP contribution is -2.61. The van der Waals surface area contributed by atoms with E-state index in [1.165, 1.54) is 24.3 Å². The van der Waals surface area contributed by atoms with Gasteiger partial charge in [0.15, 0.2) is 5.96 Å². The predicted octanol–water partition coefficient (Wildman–Crippen LogP) is -4.40. The lowest BCUT2D eigenvalue weighted by Gasteiger charge is -2.30. The molecule has 31 heteroatoms. The molecule has 0 spiro atoms. The van der Waals surface area contributed by atoms with Gasteiger partial charge in [-0.05, 0) is 67.3 Å². The molecule has 0 unspecified atom stereocenters. The number of hydrogen-bond acceptors (Lipinski definition) is 17. The van der Waals surface area contributed by atoms with Crippen LogP contribution in [-0.2, 0) is 76.8 Å². The number of phenolic OH excluding ortho intramolecular Hbond substituents is 1. The average Bonchev–Trinajstić information content (AvgIpc) is 4.17. The first-order valence-corrected chi connectivity index (χ1v) is 28.6. The van der Waals surface area contributed by atoms with Crippen molar-refractivity contribution in [1.82, 2.24) is 52.8 Å². The first-order chi connectivity index (χ1) is 40.9. The third kappa shape index (κ3) is 23.6. The number of aromatic hydroxyl groups is 1. The molecule has 1 saturated heterocycles. The Labute approximate surface area is 506 Å². The van der Waals surface area contributed by atoms with Crippen molar-refractivity contribution in [3.63, 3.8) is 0 Å². The van der Waals surface area contributed by atoms with Crippen LogP contribution in [0.2, 0.25) is 0 Å². The molecule has 0 radical (unpaired) electrons. The second-order valence-corrected chi connectivity index (χ2v) is 20.8. The molecular formula is C55H75N15O14S2. The summed E-state index contributed by atoms with van der Waals surface area (Å²) in [6.07, 6.45) is -1.63. The summed E-state index contributed by atoms with van der Waals surface area (Å²) in [6.45, 7) is -0.626. The third-order valence-electron chi connectivity index (χ3n) is 13.4. The number of likely N-dealkylation sites (tertiary alicyclic amines) is 1. The van der Waals surface area contributed by atoms with Crippen molar-refractivity contribution in [1.29, 1.82) is 5.41 Å². The average molecular weight is 1230 g/mol. The fraction of sp³-hybridized carbons (Fsp3) is 0.436. The van der Waals surface area contributed by atoms with Crippen LogP contribution >= 0.6 is 25.3 Å². The van der Waals surface area contributed by atoms with Crippen molar-refractivity contribution < 1.29 is 67.7 Å². The molecule has 3 aromatic carbocycles. The Bertz CT molecular complexity index is 2880. The summed E-state index contributed by atoms with van der Waals surface area (Å²) in [5, 5.41) is 48.8. The van der Waals surface area contributed by atoms with Gasteiger partial charge in [0.25, 0.3) is 0 Å². The van der Waals surface area contributed by atoms with Crippen LogP contribution < -0.4 is 70.8 Å². The molecule has 20 N–H and O–H groups in total. The lowest BCUT2D eigenvalue weighted by molar-refractivity contribution is -0.142. The first kappa shape index (κ1) is 69.5. The SMILES string of the molecule is N=C(N)NCCC[C@H](NC(=O)[C@@H]1CCCN1C(=O)[C@H](CS)NC(=O)[C@H](CC(N)=O)NC(=O)[C@H](CCC(N)=O)NC(=O)[C@H](Cc1ccccc1)NC(=O)[C@H](Cc1ccc(O)cc1)NC(=O)[C@H](CS)NC(=O)[C@H](N)Cc1ccccc1)C(=O)NCC(=O)O. The second kappa shape index (κ2) is 35.4. The van der Waals surface area contributed by atoms with Crippen LogP contribution in [0.15, 0.2) is 84.9 Å². The van der Waals surface area contributed by atoms with E-state index in [0.29, 0.717) is 17.5 Å². The Balaban J connectivity index is 1.56. The summed E-state index contributed by atoms with van der Waals surface area (Å²) in [7, 11) is 0. The Hall–Kier alpha value is -8.97. The van der Waals surface area contributed by atoms with E-state index in [1.807, 2.05) is 0 Å². The highest BCUT2D eigenvalue weighted by Gasteiger charge is 2.40. The molecule has 0 bridgehead atoms. The molecule has 0 saturated carbocycles. The van der Waals surface area contributed by atoms with E-state index < -0.39 is 157 Å². The number of hydrogen-bond donors (Lipinski definition) is 18. The number of guanidine groups is 1. The maximum atomic E-state index is 14.5. The molecular weight excluding hydrogens is 1160 g/mol. The fourth-order valence-corrected chi connectivity index (χ4v) is 9.44. The van der Waals surface area contributed by atoms with E-state index in [4.69, 9.17) is 33.5 Å². The number of nitrogens with two attached hydrogens (primary N) is 4. The summed E-state index contributed by atoms with van der Waals surface area (Å²) in [4.78, 5) is 162. The second-order valence-electron chi connectivity index (χ2n) is 20.1. The number of amides is 11. The van der Waals surface area contributed by atoms with Crippen LogP contribution in [0.25, 0.3) is 0 Å². The van der Waals surface area contributed by atoms with Crippen molar-refractivity contribution in [2.45, 2.75) is 119 Å². The molecule has 9 atom stereocenters. The number of benzene rings is 3. The van der Waals surface area contributed by atoms with E-state index in [0.717, 1.165) is 10.5 Å². The van der Waals surface area contributed by atoms with Crippen molar-refractivity contribution in [2.75, 3.05) is 31.1 Å². The van der Waals surface area contributed by atoms with Crippen molar-refractivity contribution in [2.24, 2.45) is 22.9 Å². The minimum Gasteiger partial charge on any atom is -0.508 e. The zero-order valence-corrected chi connectivity index (χ0v) is 48.6. The van der Waals surface area contributed by atoms with Gasteiger partial charge in [-0.2, -0.15) is 25.3 Å². The molecule has 4 rings (SSSR count). The number of phenols is 1. The largest absolute Gasteiger partial charge is 0.508 e. The normalized spacial score (nSPS) is 15.4. The molecule has 11 amide bonds. The van der Waals surface area contributed by atoms with Crippen LogP contribution in [0.1, 0.15) is 61.6 Å². The van der Waals surface area contributed by atoms with Gasteiger partial charge in [-0.15, -0.1) is 0 Å². The van der Waals surface area contributed by atoms with Crippen LogP contribution in [0.3, 0.4) is 0 Å². The topological polar surface area (TPSA) is 485 Å². The molecule has 1 heterocycles. The molecule has 466 valence electrons. The Kier molecular flexibility index (Phi) is 28.6. The molecule has 1 aliphatic heterocycles. The van der Waals surface area contributed by atoms with E-state index in [2.05, 4.69) is 73.1 Å². The van der Waals surface area contributed by atoms with Crippen molar-refractivity contribution in [3.05, 3.63) is 102 Å².